The number of halogens is 1. The third-order valence-corrected chi connectivity index (χ3v) is 2.40. The van der Waals surface area contributed by atoms with Gasteiger partial charge < -0.3 is 4.74 Å². The van der Waals surface area contributed by atoms with Gasteiger partial charge in [-0.3, -0.25) is 0 Å². The number of benzene rings is 1. The van der Waals surface area contributed by atoms with E-state index in [2.05, 4.69) is 4.74 Å². The fraction of sp³-hybridized carbons (Fsp3) is 0.143. The van der Waals surface area contributed by atoms with Gasteiger partial charge in [-0.2, -0.15) is 0 Å². The van der Waals surface area contributed by atoms with Crippen LogP contribution >= 0.6 is 0 Å². The van der Waals surface area contributed by atoms with Crippen molar-refractivity contribution in [1.29, 1.82) is 0 Å². The van der Waals surface area contributed by atoms with E-state index in [0.29, 0.717) is 0 Å². The number of ether oxygens (including phenoxy) is 1. The molecule has 0 unspecified atom stereocenters. The molecule has 0 aliphatic carbocycles. The van der Waals surface area contributed by atoms with Gasteiger partial charge in [0.15, 0.2) is 4.90 Å². The molecule has 6 heteroatoms. The lowest BCUT2D eigenvalue weighted by Crippen LogP contribution is -2.15. The third kappa shape index (κ3) is 1.96. The Bertz CT molecular complexity index is 416. The van der Waals surface area contributed by atoms with Crippen LogP contribution in [0.15, 0.2) is 23.1 Å². The first kappa shape index (κ1) is 9.94. The maximum atomic E-state index is 13.0. The van der Waals surface area contributed by atoms with Crippen LogP contribution in [0.2, 0.25) is 0 Å². The minimum absolute atomic E-state index is 0.0949. The van der Waals surface area contributed by atoms with E-state index in [1.165, 1.54) is 19.2 Å². The zero-order valence-electron chi connectivity index (χ0n) is 6.82. The molecule has 0 radical (unpaired) electrons. The van der Waals surface area contributed by atoms with Crippen LogP contribution in [0.3, 0.4) is 0 Å². The van der Waals surface area contributed by atoms with Crippen LogP contribution in [-0.4, -0.2) is 15.5 Å². The van der Waals surface area contributed by atoms with E-state index in [4.69, 9.17) is 5.14 Å². The van der Waals surface area contributed by atoms with E-state index in [-0.39, 0.29) is 5.75 Å². The van der Waals surface area contributed by atoms with Crippen LogP contribution in [0.4, 0.5) is 4.39 Å². The molecule has 1 rings (SSSR count). The molecule has 1 aromatic rings. The second kappa shape index (κ2) is 3.31. The van der Waals surface area contributed by atoms with Gasteiger partial charge in [0.05, 0.1) is 7.11 Å². The number of hydrogen-bond donors (Lipinski definition) is 1. The van der Waals surface area contributed by atoms with Gasteiger partial charge in [-0.05, 0) is 12.1 Å². The van der Waals surface area contributed by atoms with Gasteiger partial charge in [0.25, 0.3) is 0 Å². The molecule has 0 saturated carbocycles. The fourth-order valence-corrected chi connectivity index (χ4v) is 1.70. The SMILES string of the molecule is COc1cccc(F)c1S(N)(=O)=O. The topological polar surface area (TPSA) is 69.4 Å². The summed E-state index contributed by atoms with van der Waals surface area (Å²) in [6, 6.07) is 3.66. The van der Waals surface area contributed by atoms with E-state index in [1.807, 2.05) is 0 Å². The molecule has 0 saturated heterocycles. The largest absolute Gasteiger partial charge is 0.495 e. The monoisotopic (exact) mass is 205 g/mol. The number of primary sulfonamides is 1. The van der Waals surface area contributed by atoms with E-state index in [1.54, 1.807) is 0 Å². The molecule has 0 fully saturated rings. The average Bonchev–Trinajstić information content (AvgIpc) is 2.01. The highest BCUT2D eigenvalue weighted by Crippen LogP contribution is 2.24. The highest BCUT2D eigenvalue weighted by Gasteiger charge is 2.19. The first-order chi connectivity index (χ1) is 5.96. The quantitative estimate of drug-likeness (QED) is 0.763. The summed E-state index contributed by atoms with van der Waals surface area (Å²) in [4.78, 5) is -0.613. The maximum absolute atomic E-state index is 13.0. The molecule has 4 nitrogen and oxygen atoms in total. The minimum atomic E-state index is -4.08. The Hall–Kier alpha value is -1.14. The van der Waals surface area contributed by atoms with Gasteiger partial charge in [-0.1, -0.05) is 6.07 Å². The van der Waals surface area contributed by atoms with Gasteiger partial charge in [-0.25, -0.2) is 17.9 Å². The molecule has 13 heavy (non-hydrogen) atoms. The minimum Gasteiger partial charge on any atom is -0.495 e. The summed E-state index contributed by atoms with van der Waals surface area (Å²) in [7, 11) is -2.84. The van der Waals surface area contributed by atoms with E-state index in [9.17, 15) is 12.8 Å². The molecule has 0 amide bonds. The van der Waals surface area contributed by atoms with Crippen LogP contribution < -0.4 is 9.88 Å². The molecule has 72 valence electrons. The van der Waals surface area contributed by atoms with Crippen LogP contribution in [0.5, 0.6) is 5.75 Å². The van der Waals surface area contributed by atoms with Crippen molar-refractivity contribution in [3.63, 3.8) is 0 Å². The third-order valence-electron chi connectivity index (χ3n) is 1.44. The summed E-state index contributed by atoms with van der Waals surface area (Å²) in [5.41, 5.74) is 0. The molecule has 0 atom stereocenters. The average molecular weight is 205 g/mol. The van der Waals surface area contributed by atoms with E-state index >= 15 is 0 Å². The summed E-state index contributed by atoms with van der Waals surface area (Å²) in [5.74, 6) is -1.01. The molecule has 0 bridgehead atoms. The highest BCUT2D eigenvalue weighted by molar-refractivity contribution is 7.89. The predicted octanol–water partition coefficient (Wildman–Crippen LogP) is 0.482. The Morgan fingerprint density at radius 2 is 2.08 bits per heavy atom. The first-order valence-electron chi connectivity index (χ1n) is 3.32. The molecule has 0 heterocycles. The lowest BCUT2D eigenvalue weighted by molar-refractivity contribution is 0.395. The van der Waals surface area contributed by atoms with Crippen LogP contribution in [-0.2, 0) is 10.0 Å². The zero-order chi connectivity index (χ0) is 10.1. The molecule has 2 N–H and O–H groups in total. The summed E-state index contributed by atoms with van der Waals surface area (Å²) >= 11 is 0. The Balaban J connectivity index is 3.50. The van der Waals surface area contributed by atoms with Crippen LogP contribution in [0.25, 0.3) is 0 Å². The van der Waals surface area contributed by atoms with Gasteiger partial charge in [0.2, 0.25) is 10.0 Å². The second-order valence-corrected chi connectivity index (χ2v) is 3.81. The number of methoxy groups -OCH3 is 1. The van der Waals surface area contributed by atoms with Crippen LogP contribution in [0, 0.1) is 5.82 Å². The molecular weight excluding hydrogens is 197 g/mol. The van der Waals surface area contributed by atoms with E-state index < -0.39 is 20.7 Å². The number of sulfonamides is 1. The van der Waals surface area contributed by atoms with Crippen molar-refractivity contribution >= 4 is 10.0 Å². The Morgan fingerprint density at radius 1 is 1.46 bits per heavy atom. The van der Waals surface area contributed by atoms with Crippen molar-refractivity contribution in [3.05, 3.63) is 24.0 Å². The Labute approximate surface area is 75.2 Å². The number of rotatable bonds is 2. The van der Waals surface area contributed by atoms with Gasteiger partial charge in [0, 0.05) is 0 Å². The predicted molar refractivity (Wildman–Crippen MR) is 44.3 cm³/mol. The van der Waals surface area contributed by atoms with Crippen LogP contribution in [0.1, 0.15) is 0 Å². The molecule has 0 spiro atoms. The molecular formula is C7H8FNO3S. The lowest BCUT2D eigenvalue weighted by atomic mass is 10.3. The molecule has 0 aromatic heterocycles. The van der Waals surface area contributed by atoms with Crippen molar-refractivity contribution in [3.8, 4) is 5.75 Å². The summed E-state index contributed by atoms with van der Waals surface area (Å²) in [6.07, 6.45) is 0. The van der Waals surface area contributed by atoms with Crippen molar-refractivity contribution in [2.45, 2.75) is 4.90 Å². The standard InChI is InChI=1S/C7H8FNO3S/c1-12-6-4-2-3-5(8)7(6)13(9,10)11/h2-4H,1H3,(H2,9,10,11). The smallest absolute Gasteiger partial charge is 0.244 e. The Morgan fingerprint density at radius 3 is 2.46 bits per heavy atom. The number of hydrogen-bond acceptors (Lipinski definition) is 3. The number of nitrogens with two attached hydrogens (primary N) is 1. The molecule has 1 aromatic carbocycles. The molecule has 0 aliphatic rings. The zero-order valence-corrected chi connectivity index (χ0v) is 7.64. The van der Waals surface area contributed by atoms with E-state index in [0.717, 1.165) is 6.07 Å². The van der Waals surface area contributed by atoms with Gasteiger partial charge in [0.1, 0.15) is 11.6 Å². The van der Waals surface area contributed by atoms with Crippen molar-refractivity contribution in [2.75, 3.05) is 7.11 Å². The van der Waals surface area contributed by atoms with Gasteiger partial charge >= 0.3 is 0 Å². The Kier molecular flexibility index (Phi) is 2.53. The van der Waals surface area contributed by atoms with Crippen molar-refractivity contribution in [1.82, 2.24) is 0 Å². The first-order valence-corrected chi connectivity index (χ1v) is 4.86. The summed E-state index contributed by atoms with van der Waals surface area (Å²) in [6.45, 7) is 0. The van der Waals surface area contributed by atoms with Crippen molar-refractivity contribution < 1.29 is 17.5 Å². The summed E-state index contributed by atoms with van der Waals surface area (Å²) < 4.78 is 39.4. The highest BCUT2D eigenvalue weighted by atomic mass is 32.2. The fourth-order valence-electron chi connectivity index (χ4n) is 0.926. The molecule has 0 aliphatic heterocycles. The summed E-state index contributed by atoms with van der Waals surface area (Å²) in [5, 5.41) is 4.79. The van der Waals surface area contributed by atoms with Gasteiger partial charge in [-0.15, -0.1) is 0 Å². The lowest BCUT2D eigenvalue weighted by Gasteiger charge is -2.06. The second-order valence-electron chi connectivity index (χ2n) is 2.32. The van der Waals surface area contributed by atoms with Crippen molar-refractivity contribution in [2.24, 2.45) is 5.14 Å². The maximum Gasteiger partial charge on any atom is 0.244 e. The normalized spacial score (nSPS) is 11.3.